The van der Waals surface area contributed by atoms with Gasteiger partial charge in [-0.25, -0.2) is 0 Å². The van der Waals surface area contributed by atoms with Gasteiger partial charge in [-0.15, -0.1) is 0 Å². The Morgan fingerprint density at radius 3 is 2.61 bits per heavy atom. The molecule has 0 radical (unpaired) electrons. The van der Waals surface area contributed by atoms with Crippen LogP contribution in [-0.2, 0) is 9.53 Å². The molecule has 0 aromatic heterocycles. The zero-order valence-electron chi connectivity index (χ0n) is 11.7. The van der Waals surface area contributed by atoms with Crippen molar-refractivity contribution < 1.29 is 9.53 Å². The van der Waals surface area contributed by atoms with Gasteiger partial charge in [0.25, 0.3) is 0 Å². The van der Waals surface area contributed by atoms with Crippen LogP contribution in [0.3, 0.4) is 0 Å². The summed E-state index contributed by atoms with van der Waals surface area (Å²) in [5.74, 6) is 0.573. The second kappa shape index (κ2) is 8.12. The van der Waals surface area contributed by atoms with Crippen molar-refractivity contribution >= 4 is 21.8 Å². The van der Waals surface area contributed by atoms with E-state index < -0.39 is 0 Å². The Balaban J connectivity index is 2.43. The fourth-order valence-corrected chi connectivity index (χ4v) is 2.38. The van der Waals surface area contributed by atoms with E-state index in [1.54, 1.807) is 7.11 Å². The summed E-state index contributed by atoms with van der Waals surface area (Å²) in [7, 11) is 1.73. The average Bonchev–Trinajstić information content (AvgIpc) is 2.59. The van der Waals surface area contributed by atoms with Crippen molar-refractivity contribution in [2.75, 3.05) is 46.4 Å². The minimum Gasteiger partial charge on any atom is -0.383 e. The molecule has 1 aliphatic heterocycles. The lowest BCUT2D eigenvalue weighted by Crippen LogP contribution is -2.41. The lowest BCUT2D eigenvalue weighted by molar-refractivity contribution is -0.131. The molecular weight excluding hydrogens is 296 g/mol. The lowest BCUT2D eigenvalue weighted by atomic mass is 10.1. The maximum Gasteiger partial charge on any atom is 0.236 e. The molecule has 1 aliphatic rings. The Morgan fingerprint density at radius 1 is 1.28 bits per heavy atom. The van der Waals surface area contributed by atoms with Crippen LogP contribution in [0.4, 0.5) is 0 Å². The van der Waals surface area contributed by atoms with Gasteiger partial charge in [0.15, 0.2) is 0 Å². The number of ether oxygens (including phenoxy) is 1. The Labute approximate surface area is 119 Å². The maximum atomic E-state index is 12.2. The summed E-state index contributed by atoms with van der Waals surface area (Å²) in [4.78, 5) is 16.6. The van der Waals surface area contributed by atoms with Crippen molar-refractivity contribution in [1.82, 2.24) is 9.80 Å². The maximum absolute atomic E-state index is 12.2. The number of hydrogen-bond acceptors (Lipinski definition) is 3. The van der Waals surface area contributed by atoms with Gasteiger partial charge >= 0.3 is 0 Å². The Morgan fingerprint density at radius 2 is 2.00 bits per heavy atom. The van der Waals surface area contributed by atoms with E-state index >= 15 is 0 Å². The highest BCUT2D eigenvalue weighted by Crippen LogP contribution is 2.16. The van der Waals surface area contributed by atoms with Crippen molar-refractivity contribution in [2.24, 2.45) is 5.92 Å². The summed E-state index contributed by atoms with van der Waals surface area (Å²) in [5.41, 5.74) is 0. The first-order chi connectivity index (χ1) is 8.56. The molecule has 4 nitrogen and oxygen atoms in total. The van der Waals surface area contributed by atoms with Crippen LogP contribution in [0.1, 0.15) is 20.3 Å². The van der Waals surface area contributed by atoms with Crippen LogP contribution in [0, 0.1) is 5.92 Å². The van der Waals surface area contributed by atoms with E-state index in [9.17, 15) is 4.79 Å². The molecule has 0 saturated carbocycles. The monoisotopic (exact) mass is 320 g/mol. The van der Waals surface area contributed by atoms with Crippen molar-refractivity contribution in [3.63, 3.8) is 0 Å². The SMILES string of the molecule is COCCN1CCCN(C(=O)C(Br)C(C)C)CC1. The van der Waals surface area contributed by atoms with Crippen molar-refractivity contribution in [1.29, 1.82) is 0 Å². The van der Waals surface area contributed by atoms with Crippen LogP contribution in [0.2, 0.25) is 0 Å². The van der Waals surface area contributed by atoms with Crippen molar-refractivity contribution in [3.05, 3.63) is 0 Å². The molecule has 1 amide bonds. The lowest BCUT2D eigenvalue weighted by Gasteiger charge is -2.25. The normalized spacial score (nSPS) is 19.9. The Hall–Kier alpha value is -0.130. The van der Waals surface area contributed by atoms with Gasteiger partial charge in [-0.3, -0.25) is 9.69 Å². The summed E-state index contributed by atoms with van der Waals surface area (Å²) >= 11 is 3.50. The van der Waals surface area contributed by atoms with Crippen molar-refractivity contribution in [2.45, 2.75) is 25.1 Å². The van der Waals surface area contributed by atoms with Gasteiger partial charge in [-0.05, 0) is 18.9 Å². The van der Waals surface area contributed by atoms with Gasteiger partial charge in [-0.2, -0.15) is 0 Å². The fraction of sp³-hybridized carbons (Fsp3) is 0.923. The predicted molar refractivity (Wildman–Crippen MR) is 77.1 cm³/mol. The standard InChI is InChI=1S/C13H25BrN2O2/c1-11(2)12(14)13(17)16-6-4-5-15(7-8-16)9-10-18-3/h11-12H,4-10H2,1-3H3. The molecule has 106 valence electrons. The number of amides is 1. The van der Waals surface area contributed by atoms with Crippen LogP contribution in [0.15, 0.2) is 0 Å². The summed E-state index contributed by atoms with van der Waals surface area (Å²) in [6.07, 6.45) is 1.05. The van der Waals surface area contributed by atoms with Gasteiger partial charge in [0.1, 0.15) is 0 Å². The number of carbonyl (C=O) groups excluding carboxylic acids is 1. The molecule has 0 aliphatic carbocycles. The molecule has 0 bridgehead atoms. The van der Waals surface area contributed by atoms with Gasteiger partial charge in [0.05, 0.1) is 11.4 Å². The van der Waals surface area contributed by atoms with Gasteiger partial charge < -0.3 is 9.64 Å². The highest BCUT2D eigenvalue weighted by Gasteiger charge is 2.26. The fourth-order valence-electron chi connectivity index (χ4n) is 2.09. The number of halogens is 1. The van der Waals surface area contributed by atoms with E-state index in [0.29, 0.717) is 5.92 Å². The van der Waals surface area contributed by atoms with Crippen molar-refractivity contribution in [3.8, 4) is 0 Å². The first-order valence-electron chi connectivity index (χ1n) is 6.70. The zero-order chi connectivity index (χ0) is 13.5. The first kappa shape index (κ1) is 15.9. The van der Waals surface area contributed by atoms with E-state index in [4.69, 9.17) is 4.74 Å². The summed E-state index contributed by atoms with van der Waals surface area (Å²) in [6, 6.07) is 0. The van der Waals surface area contributed by atoms with Crippen LogP contribution in [-0.4, -0.2) is 67.0 Å². The van der Waals surface area contributed by atoms with Crippen LogP contribution in [0.25, 0.3) is 0 Å². The Kier molecular flexibility index (Phi) is 7.19. The smallest absolute Gasteiger partial charge is 0.236 e. The van der Waals surface area contributed by atoms with Crippen LogP contribution < -0.4 is 0 Å². The molecule has 5 heteroatoms. The highest BCUT2D eigenvalue weighted by molar-refractivity contribution is 9.10. The molecule has 1 heterocycles. The first-order valence-corrected chi connectivity index (χ1v) is 7.62. The number of carbonyl (C=O) groups is 1. The Bertz CT molecular complexity index is 261. The second-order valence-electron chi connectivity index (χ2n) is 5.16. The summed E-state index contributed by atoms with van der Waals surface area (Å²) in [6.45, 7) is 9.57. The molecule has 1 fully saturated rings. The third-order valence-corrected chi connectivity index (χ3v) is 4.78. The predicted octanol–water partition coefficient (Wildman–Crippen LogP) is 1.59. The van der Waals surface area contributed by atoms with E-state index in [-0.39, 0.29) is 10.7 Å². The number of rotatable bonds is 5. The molecule has 0 N–H and O–H groups in total. The minimum atomic E-state index is -0.0528. The number of nitrogens with zero attached hydrogens (tertiary/aromatic N) is 2. The zero-order valence-corrected chi connectivity index (χ0v) is 13.3. The van der Waals surface area contributed by atoms with E-state index in [1.165, 1.54) is 0 Å². The molecule has 1 saturated heterocycles. The molecule has 18 heavy (non-hydrogen) atoms. The van der Waals surface area contributed by atoms with Gasteiger partial charge in [-0.1, -0.05) is 29.8 Å². The molecule has 0 spiro atoms. The average molecular weight is 321 g/mol. The highest BCUT2D eigenvalue weighted by atomic mass is 79.9. The number of hydrogen-bond donors (Lipinski definition) is 0. The van der Waals surface area contributed by atoms with E-state index in [2.05, 4.69) is 34.7 Å². The second-order valence-corrected chi connectivity index (χ2v) is 6.15. The van der Waals surface area contributed by atoms with E-state index in [1.807, 2.05) is 4.90 Å². The minimum absolute atomic E-state index is 0.0528. The quantitative estimate of drug-likeness (QED) is 0.721. The molecule has 0 aromatic carbocycles. The van der Waals surface area contributed by atoms with Gasteiger partial charge in [0, 0.05) is 33.3 Å². The largest absolute Gasteiger partial charge is 0.383 e. The topological polar surface area (TPSA) is 32.8 Å². The molecule has 1 rings (SSSR count). The molecular formula is C13H25BrN2O2. The van der Waals surface area contributed by atoms with Crippen LogP contribution in [0.5, 0.6) is 0 Å². The summed E-state index contributed by atoms with van der Waals surface area (Å²) < 4.78 is 5.10. The number of alkyl halides is 1. The molecule has 0 aromatic rings. The molecule has 1 unspecified atom stereocenters. The molecule has 1 atom stereocenters. The summed E-state index contributed by atoms with van der Waals surface area (Å²) in [5, 5.41) is 0. The van der Waals surface area contributed by atoms with Crippen LogP contribution >= 0.6 is 15.9 Å². The van der Waals surface area contributed by atoms with E-state index in [0.717, 1.165) is 45.8 Å². The number of methoxy groups -OCH3 is 1. The third kappa shape index (κ3) is 4.86. The van der Waals surface area contributed by atoms with Gasteiger partial charge in [0.2, 0.25) is 5.91 Å². The third-order valence-electron chi connectivity index (χ3n) is 3.33.